The summed E-state index contributed by atoms with van der Waals surface area (Å²) >= 11 is 0. The molecule has 0 heterocycles. The van der Waals surface area contributed by atoms with Crippen molar-refractivity contribution in [1.29, 1.82) is 0 Å². The predicted octanol–water partition coefficient (Wildman–Crippen LogP) is 10.1. The van der Waals surface area contributed by atoms with Crippen molar-refractivity contribution in [2.24, 2.45) is 5.73 Å². The summed E-state index contributed by atoms with van der Waals surface area (Å²) in [6, 6.07) is -0.868. The minimum Gasteiger partial charge on any atom is -0.480 e. The monoisotopic (exact) mass is 649 g/mol. The molecule has 0 aromatic rings. The molecule has 7 nitrogen and oxygen atoms in total. The molecule has 0 spiro atoms. The minimum atomic E-state index is -1.02. The standard InChI is InChI=1S/C39H72N2O5/c1-3-5-7-9-11-12-13-14-15-16-17-18-19-21-27-33-38(43)46-35(29-24-20-10-8-6-4-2)30-25-22-23-26-32-37(42)41-36(39(44)45)31-28-34-40/h14-15,24,29,35-36H,3-13,16-23,25-28,30-34,40H2,1-2H3,(H,41,42)(H,44,45)/b15-14-,29-24-. The minimum absolute atomic E-state index is 0.0995. The number of allylic oxidation sites excluding steroid dienone is 3. The number of ether oxygens (including phenoxy) is 1. The Labute approximate surface area is 283 Å². The van der Waals surface area contributed by atoms with Gasteiger partial charge in [0.2, 0.25) is 5.91 Å². The van der Waals surface area contributed by atoms with Crippen LogP contribution in [0.3, 0.4) is 0 Å². The third kappa shape index (κ3) is 30.5. The van der Waals surface area contributed by atoms with Crippen molar-refractivity contribution in [3.8, 4) is 0 Å². The third-order valence-corrected chi connectivity index (χ3v) is 8.47. The highest BCUT2D eigenvalue weighted by molar-refractivity contribution is 5.83. The van der Waals surface area contributed by atoms with Crippen LogP contribution in [-0.2, 0) is 19.1 Å². The number of amides is 1. The maximum atomic E-state index is 12.6. The molecule has 0 fully saturated rings. The number of carboxylic acid groups (broad SMARTS) is 1. The number of aliphatic carboxylic acids is 1. The van der Waals surface area contributed by atoms with Crippen LogP contribution in [0.1, 0.15) is 187 Å². The number of nitrogens with one attached hydrogen (secondary N) is 1. The van der Waals surface area contributed by atoms with Gasteiger partial charge in [-0.2, -0.15) is 0 Å². The van der Waals surface area contributed by atoms with Gasteiger partial charge in [-0.1, -0.05) is 116 Å². The summed E-state index contributed by atoms with van der Waals surface area (Å²) in [6.07, 6.45) is 36.7. The van der Waals surface area contributed by atoms with E-state index >= 15 is 0 Å². The lowest BCUT2D eigenvalue weighted by Gasteiger charge is -2.15. The molecule has 2 atom stereocenters. The zero-order chi connectivity index (χ0) is 33.9. The number of rotatable bonds is 34. The number of carboxylic acids is 1. The van der Waals surface area contributed by atoms with Gasteiger partial charge >= 0.3 is 11.9 Å². The molecule has 1 amide bonds. The quantitative estimate of drug-likeness (QED) is 0.0363. The SMILES string of the molecule is CCCCCC/C=C\C(CCCCCCC(=O)NC(CCCN)C(=O)O)OC(=O)CCCCCCC/C=C\CCCCCCCC. The van der Waals surface area contributed by atoms with Gasteiger partial charge in [-0.3, -0.25) is 9.59 Å². The van der Waals surface area contributed by atoms with E-state index in [1.165, 1.54) is 83.5 Å². The van der Waals surface area contributed by atoms with E-state index < -0.39 is 12.0 Å². The molecule has 0 aliphatic rings. The number of esters is 1. The van der Waals surface area contributed by atoms with Gasteiger partial charge in [-0.15, -0.1) is 0 Å². The van der Waals surface area contributed by atoms with Crippen LogP contribution in [0.5, 0.6) is 0 Å². The number of unbranched alkanes of at least 4 members (excludes halogenated alkanes) is 18. The maximum absolute atomic E-state index is 12.6. The Hall–Kier alpha value is -2.15. The second kappa shape index (κ2) is 34.2. The topological polar surface area (TPSA) is 119 Å². The van der Waals surface area contributed by atoms with Gasteiger partial charge in [0, 0.05) is 12.8 Å². The molecular formula is C39H72N2O5. The first-order chi connectivity index (χ1) is 22.4. The van der Waals surface area contributed by atoms with Crippen LogP contribution in [0.25, 0.3) is 0 Å². The van der Waals surface area contributed by atoms with E-state index in [2.05, 4.69) is 43.5 Å². The Balaban J connectivity index is 4.22. The molecule has 0 aromatic carbocycles. The fourth-order valence-corrected chi connectivity index (χ4v) is 5.53. The van der Waals surface area contributed by atoms with Crippen LogP contribution in [0.15, 0.2) is 24.3 Å². The van der Waals surface area contributed by atoms with Gasteiger partial charge in [-0.05, 0) is 89.7 Å². The highest BCUT2D eigenvalue weighted by atomic mass is 16.5. The van der Waals surface area contributed by atoms with Gasteiger partial charge in [0.1, 0.15) is 12.1 Å². The largest absolute Gasteiger partial charge is 0.480 e. The summed E-state index contributed by atoms with van der Waals surface area (Å²) in [6.45, 7) is 4.88. The molecule has 0 aliphatic heterocycles. The molecule has 7 heteroatoms. The third-order valence-electron chi connectivity index (χ3n) is 8.47. The highest BCUT2D eigenvalue weighted by Gasteiger charge is 2.19. The van der Waals surface area contributed by atoms with Gasteiger partial charge in [0.05, 0.1) is 0 Å². The maximum Gasteiger partial charge on any atom is 0.326 e. The zero-order valence-electron chi connectivity index (χ0n) is 29.9. The highest BCUT2D eigenvalue weighted by Crippen LogP contribution is 2.15. The summed E-state index contributed by atoms with van der Waals surface area (Å²) in [5.74, 6) is -1.34. The zero-order valence-corrected chi connectivity index (χ0v) is 29.9. The first kappa shape index (κ1) is 43.9. The molecule has 2 unspecified atom stereocenters. The number of hydrogen-bond donors (Lipinski definition) is 3. The van der Waals surface area contributed by atoms with Crippen LogP contribution in [0.2, 0.25) is 0 Å². The smallest absolute Gasteiger partial charge is 0.326 e. The van der Waals surface area contributed by atoms with E-state index in [4.69, 9.17) is 10.5 Å². The molecule has 0 aromatic heterocycles. The van der Waals surface area contributed by atoms with Crippen LogP contribution in [0, 0.1) is 0 Å². The molecular weight excluding hydrogens is 576 g/mol. The van der Waals surface area contributed by atoms with Gasteiger partial charge < -0.3 is 20.9 Å². The normalized spacial score (nSPS) is 12.9. The van der Waals surface area contributed by atoms with Crippen molar-refractivity contribution in [2.75, 3.05) is 6.54 Å². The lowest BCUT2D eigenvalue weighted by Crippen LogP contribution is -2.40. The fraction of sp³-hybridized carbons (Fsp3) is 0.821. The molecule has 0 bridgehead atoms. The summed E-state index contributed by atoms with van der Waals surface area (Å²) in [4.78, 5) is 36.1. The fourth-order valence-electron chi connectivity index (χ4n) is 5.53. The molecule has 4 N–H and O–H groups in total. The molecule has 0 aliphatic carbocycles. The van der Waals surface area contributed by atoms with E-state index in [0.29, 0.717) is 38.6 Å². The van der Waals surface area contributed by atoms with Crippen LogP contribution < -0.4 is 11.1 Å². The van der Waals surface area contributed by atoms with Crippen molar-refractivity contribution in [3.05, 3.63) is 24.3 Å². The van der Waals surface area contributed by atoms with Crippen LogP contribution in [-0.4, -0.2) is 41.6 Å². The van der Waals surface area contributed by atoms with Crippen molar-refractivity contribution in [2.45, 2.75) is 199 Å². The van der Waals surface area contributed by atoms with Crippen molar-refractivity contribution < 1.29 is 24.2 Å². The van der Waals surface area contributed by atoms with Crippen LogP contribution >= 0.6 is 0 Å². The van der Waals surface area contributed by atoms with Gasteiger partial charge in [0.15, 0.2) is 0 Å². The molecule has 0 saturated heterocycles. The summed E-state index contributed by atoms with van der Waals surface area (Å²) in [5.41, 5.74) is 5.46. The summed E-state index contributed by atoms with van der Waals surface area (Å²) < 4.78 is 5.88. The molecule has 0 rings (SSSR count). The Morgan fingerprint density at radius 2 is 1.13 bits per heavy atom. The van der Waals surface area contributed by atoms with Crippen molar-refractivity contribution >= 4 is 17.8 Å². The van der Waals surface area contributed by atoms with E-state index in [1.807, 2.05) is 0 Å². The van der Waals surface area contributed by atoms with Gasteiger partial charge in [-0.25, -0.2) is 4.79 Å². The van der Waals surface area contributed by atoms with Crippen molar-refractivity contribution in [3.63, 3.8) is 0 Å². The molecule has 0 radical (unpaired) electrons. The lowest BCUT2D eigenvalue weighted by molar-refractivity contribution is -0.147. The van der Waals surface area contributed by atoms with E-state index in [0.717, 1.165) is 57.8 Å². The molecule has 268 valence electrons. The first-order valence-electron chi connectivity index (χ1n) is 19.2. The van der Waals surface area contributed by atoms with E-state index in [1.54, 1.807) is 0 Å². The van der Waals surface area contributed by atoms with Crippen LogP contribution in [0.4, 0.5) is 0 Å². The Morgan fingerprint density at radius 3 is 1.72 bits per heavy atom. The number of hydrogen-bond acceptors (Lipinski definition) is 5. The Bertz CT molecular complexity index is 782. The lowest BCUT2D eigenvalue weighted by atomic mass is 10.1. The van der Waals surface area contributed by atoms with Gasteiger partial charge in [0.25, 0.3) is 0 Å². The number of carbonyl (C=O) groups excluding carboxylic acids is 2. The average molecular weight is 649 g/mol. The van der Waals surface area contributed by atoms with E-state index in [9.17, 15) is 19.5 Å². The molecule has 0 saturated carbocycles. The second-order valence-corrected chi connectivity index (χ2v) is 13.0. The predicted molar refractivity (Wildman–Crippen MR) is 193 cm³/mol. The second-order valence-electron chi connectivity index (χ2n) is 13.0. The summed E-state index contributed by atoms with van der Waals surface area (Å²) in [7, 11) is 0. The molecule has 46 heavy (non-hydrogen) atoms. The number of carbonyl (C=O) groups is 3. The van der Waals surface area contributed by atoms with Crippen molar-refractivity contribution in [1.82, 2.24) is 5.32 Å². The Morgan fingerprint density at radius 1 is 0.630 bits per heavy atom. The van der Waals surface area contributed by atoms with E-state index in [-0.39, 0.29) is 18.0 Å². The first-order valence-corrected chi connectivity index (χ1v) is 19.2. The average Bonchev–Trinajstić information content (AvgIpc) is 3.04. The Kier molecular flexibility index (Phi) is 32.6. The summed E-state index contributed by atoms with van der Waals surface area (Å²) in [5, 5.41) is 11.9. The number of nitrogens with two attached hydrogens (primary N) is 1.